The van der Waals surface area contributed by atoms with Crippen molar-refractivity contribution in [2.75, 3.05) is 19.1 Å². The van der Waals surface area contributed by atoms with Crippen molar-refractivity contribution < 1.29 is 9.47 Å². The Kier molecular flexibility index (Phi) is 6.40. The summed E-state index contributed by atoms with van der Waals surface area (Å²) in [5, 5.41) is 0. The number of aromatic nitrogens is 2. The first kappa shape index (κ1) is 25.5. The molecule has 7 rings (SSSR count). The molecule has 0 N–H and O–H groups in total. The predicted octanol–water partition coefficient (Wildman–Crippen LogP) is 8.33. The molecule has 204 valence electrons. The van der Waals surface area contributed by atoms with Crippen molar-refractivity contribution in [3.63, 3.8) is 0 Å². The zero-order valence-corrected chi connectivity index (χ0v) is 23.4. The molecule has 0 bridgehead atoms. The normalized spacial score (nSPS) is 13.1. The van der Waals surface area contributed by atoms with Gasteiger partial charge in [-0.15, -0.1) is 0 Å². The lowest BCUT2D eigenvalue weighted by Crippen LogP contribution is -2.39. The minimum atomic E-state index is -0.833. The molecule has 0 atom stereocenters. The number of hydrogen-bond acceptors (Lipinski definition) is 5. The molecule has 6 aromatic rings. The molecule has 5 heteroatoms. The summed E-state index contributed by atoms with van der Waals surface area (Å²) in [6, 6.07) is 45.6. The first-order chi connectivity index (χ1) is 20.7. The number of ether oxygens (including phenoxy) is 2. The summed E-state index contributed by atoms with van der Waals surface area (Å²) < 4.78 is 11.5. The summed E-state index contributed by atoms with van der Waals surface area (Å²) in [4.78, 5) is 12.7. The number of fused-ring (bicyclic) bond motifs is 2. The molecule has 0 saturated carbocycles. The first-order valence-electron chi connectivity index (χ1n) is 13.9. The average Bonchev–Trinajstić information content (AvgIpc) is 3.08. The van der Waals surface area contributed by atoms with Crippen LogP contribution in [0.25, 0.3) is 11.3 Å². The van der Waals surface area contributed by atoms with Crippen molar-refractivity contribution in [2.24, 2.45) is 0 Å². The topological polar surface area (TPSA) is 47.5 Å². The second-order valence-corrected chi connectivity index (χ2v) is 10.2. The maximum atomic E-state index is 5.77. The zero-order chi connectivity index (χ0) is 28.5. The number of methoxy groups -OCH3 is 2. The highest BCUT2D eigenvalue weighted by atomic mass is 16.5. The number of para-hydroxylation sites is 1. The fourth-order valence-electron chi connectivity index (χ4n) is 6.09. The van der Waals surface area contributed by atoms with Crippen LogP contribution in [0.5, 0.6) is 11.5 Å². The smallest absolute Gasteiger partial charge is 0.120 e. The van der Waals surface area contributed by atoms with Crippen molar-refractivity contribution in [3.05, 3.63) is 162 Å². The van der Waals surface area contributed by atoms with Gasteiger partial charge >= 0.3 is 0 Å². The first-order valence-corrected chi connectivity index (χ1v) is 13.9. The van der Waals surface area contributed by atoms with Gasteiger partial charge in [-0.05, 0) is 59.7 Å². The summed E-state index contributed by atoms with van der Waals surface area (Å²) in [5.41, 5.74) is 8.01. The van der Waals surface area contributed by atoms with Crippen molar-refractivity contribution >= 4 is 17.1 Å². The van der Waals surface area contributed by atoms with E-state index in [9.17, 15) is 0 Å². The highest BCUT2D eigenvalue weighted by Crippen LogP contribution is 2.58. The van der Waals surface area contributed by atoms with Crippen LogP contribution in [0.2, 0.25) is 0 Å². The van der Waals surface area contributed by atoms with E-state index in [1.165, 1.54) is 0 Å². The number of hydrogen-bond donors (Lipinski definition) is 0. The fourth-order valence-corrected chi connectivity index (χ4v) is 6.09. The van der Waals surface area contributed by atoms with Crippen LogP contribution in [0.3, 0.4) is 0 Å². The molecular weight excluding hydrogens is 518 g/mol. The molecular formula is C37H29N3O2. The average molecular weight is 548 g/mol. The Morgan fingerprint density at radius 1 is 0.571 bits per heavy atom. The Hall–Kier alpha value is -5.42. The Balaban J connectivity index is 1.63. The van der Waals surface area contributed by atoms with Gasteiger partial charge in [0, 0.05) is 29.6 Å². The van der Waals surface area contributed by atoms with Crippen molar-refractivity contribution in [1.82, 2.24) is 9.97 Å². The van der Waals surface area contributed by atoms with Crippen LogP contribution in [0.1, 0.15) is 22.5 Å². The van der Waals surface area contributed by atoms with E-state index in [0.29, 0.717) is 0 Å². The second-order valence-electron chi connectivity index (χ2n) is 10.2. The Morgan fingerprint density at radius 2 is 1.17 bits per heavy atom. The molecule has 42 heavy (non-hydrogen) atoms. The third-order valence-electron chi connectivity index (χ3n) is 7.97. The molecule has 5 nitrogen and oxygen atoms in total. The van der Waals surface area contributed by atoms with E-state index in [0.717, 1.165) is 62.3 Å². The molecule has 0 fully saturated rings. The monoisotopic (exact) mass is 547 g/mol. The Labute approximate surface area is 245 Å². The van der Waals surface area contributed by atoms with E-state index in [1.54, 1.807) is 14.2 Å². The van der Waals surface area contributed by atoms with Crippen LogP contribution in [-0.4, -0.2) is 24.2 Å². The van der Waals surface area contributed by atoms with Crippen molar-refractivity contribution in [1.29, 1.82) is 0 Å². The predicted molar refractivity (Wildman–Crippen MR) is 167 cm³/mol. The van der Waals surface area contributed by atoms with Gasteiger partial charge in [-0.3, -0.25) is 9.97 Å². The molecule has 0 amide bonds. The number of rotatable bonds is 6. The van der Waals surface area contributed by atoms with Gasteiger partial charge in [0.25, 0.3) is 0 Å². The molecule has 4 aromatic carbocycles. The number of nitrogens with zero attached hydrogens (tertiary/aromatic N) is 3. The summed E-state index contributed by atoms with van der Waals surface area (Å²) >= 11 is 0. The number of benzene rings is 4. The van der Waals surface area contributed by atoms with Crippen LogP contribution in [0, 0.1) is 0 Å². The van der Waals surface area contributed by atoms with E-state index in [-0.39, 0.29) is 0 Å². The van der Waals surface area contributed by atoms with Gasteiger partial charge in [0.15, 0.2) is 0 Å². The summed E-state index contributed by atoms with van der Waals surface area (Å²) in [6.07, 6.45) is 1.86. The van der Waals surface area contributed by atoms with Crippen molar-refractivity contribution in [3.8, 4) is 22.8 Å². The molecule has 1 aliphatic rings. The SMILES string of the molecule is COc1ccc2c(c1)N(c1ccccc1)c1cc(OC)ccc1C2(c1ccccn1)c1cccc(-c2ccccc2)n1. The molecule has 0 radical (unpaired) electrons. The van der Waals surface area contributed by atoms with Crippen molar-refractivity contribution in [2.45, 2.75) is 5.41 Å². The highest BCUT2D eigenvalue weighted by Gasteiger charge is 2.49. The van der Waals surface area contributed by atoms with Gasteiger partial charge in [0.2, 0.25) is 0 Å². The van der Waals surface area contributed by atoms with Gasteiger partial charge < -0.3 is 14.4 Å². The lowest BCUT2D eigenvalue weighted by molar-refractivity contribution is 0.414. The van der Waals surface area contributed by atoms with Gasteiger partial charge in [-0.2, -0.15) is 0 Å². The zero-order valence-electron chi connectivity index (χ0n) is 23.4. The third kappa shape index (κ3) is 4.01. The van der Waals surface area contributed by atoms with E-state index >= 15 is 0 Å². The van der Waals surface area contributed by atoms with Crippen LogP contribution < -0.4 is 14.4 Å². The molecule has 0 aliphatic carbocycles. The summed E-state index contributed by atoms with van der Waals surface area (Å²) in [5.74, 6) is 1.53. The maximum Gasteiger partial charge on any atom is 0.120 e. The maximum absolute atomic E-state index is 5.77. The largest absolute Gasteiger partial charge is 0.497 e. The molecule has 1 aliphatic heterocycles. The number of pyridine rings is 2. The molecule has 0 saturated heterocycles. The molecule has 3 heterocycles. The van der Waals surface area contributed by atoms with Crippen LogP contribution in [0.4, 0.5) is 17.1 Å². The lowest BCUT2D eigenvalue weighted by atomic mass is 9.65. The molecule has 0 unspecified atom stereocenters. The Morgan fingerprint density at radius 3 is 1.76 bits per heavy atom. The minimum absolute atomic E-state index is 0.766. The van der Waals surface area contributed by atoms with Crippen LogP contribution in [0.15, 0.2) is 140 Å². The third-order valence-corrected chi connectivity index (χ3v) is 7.97. The lowest BCUT2D eigenvalue weighted by Gasteiger charge is -2.45. The van der Waals surface area contributed by atoms with Gasteiger partial charge in [-0.1, -0.05) is 72.8 Å². The van der Waals surface area contributed by atoms with Gasteiger partial charge in [-0.25, -0.2) is 0 Å². The second kappa shape index (κ2) is 10.5. The Bertz CT molecular complexity index is 1800. The summed E-state index contributed by atoms with van der Waals surface area (Å²) in [7, 11) is 3.40. The molecule has 2 aromatic heterocycles. The fraction of sp³-hybridized carbons (Fsp3) is 0.0811. The quantitative estimate of drug-likeness (QED) is 0.209. The van der Waals surface area contributed by atoms with E-state index in [4.69, 9.17) is 19.4 Å². The van der Waals surface area contributed by atoms with Gasteiger partial charge in [0.05, 0.1) is 42.7 Å². The van der Waals surface area contributed by atoms with Crippen LogP contribution >= 0.6 is 0 Å². The van der Waals surface area contributed by atoms with Gasteiger partial charge in [0.1, 0.15) is 16.9 Å². The van der Waals surface area contributed by atoms with Crippen LogP contribution in [-0.2, 0) is 5.41 Å². The van der Waals surface area contributed by atoms with E-state index in [1.807, 2.05) is 54.7 Å². The summed E-state index contributed by atoms with van der Waals surface area (Å²) in [6.45, 7) is 0. The van der Waals surface area contributed by atoms with E-state index < -0.39 is 5.41 Å². The number of anilines is 3. The standard InChI is InChI=1S/C37H29N3O2/c1-41-28-19-21-30-33(24-28)40(27-14-7-4-8-15-27)34-25-29(42-2)20-22-31(34)37(30,35-17-9-10-23-38-35)36-18-11-16-32(39-36)26-12-5-3-6-13-26/h3-25H,1-2H3. The van der Waals surface area contributed by atoms with E-state index in [2.05, 4.69) is 89.8 Å². The minimum Gasteiger partial charge on any atom is -0.497 e. The highest BCUT2D eigenvalue weighted by molar-refractivity contribution is 5.90. The molecule has 0 spiro atoms.